The molecule has 2 aliphatic heterocycles. The van der Waals surface area contributed by atoms with Crippen molar-refractivity contribution in [3.05, 3.63) is 225 Å². The maximum absolute atomic E-state index is 2.55. The van der Waals surface area contributed by atoms with Crippen molar-refractivity contribution in [1.82, 2.24) is 0 Å². The molecule has 0 unspecified atom stereocenters. The number of hydrogen-bond acceptors (Lipinski definition) is 2. The molecule has 0 saturated heterocycles. The first-order valence-corrected chi connectivity index (χ1v) is 23.6. The summed E-state index contributed by atoms with van der Waals surface area (Å²) in [6.07, 6.45) is 0. The summed E-state index contributed by atoms with van der Waals surface area (Å²) in [5.74, 6) is 0. The maximum atomic E-state index is 2.55. The Morgan fingerprint density at radius 3 is 1.05 bits per heavy atom. The lowest BCUT2D eigenvalue weighted by atomic mass is 9.70. The first-order chi connectivity index (χ1) is 31.0. The highest BCUT2D eigenvalue weighted by molar-refractivity contribution is 5.98. The van der Waals surface area contributed by atoms with E-state index in [1.165, 1.54) is 112 Å². The second kappa shape index (κ2) is 13.2. The Labute approximate surface area is 386 Å². The molecule has 2 aliphatic carbocycles. The first-order valence-electron chi connectivity index (χ1n) is 23.6. The van der Waals surface area contributed by atoms with Crippen LogP contribution < -0.4 is 9.80 Å². The van der Waals surface area contributed by atoms with E-state index in [4.69, 9.17) is 0 Å². The van der Waals surface area contributed by atoms with E-state index in [0.29, 0.717) is 0 Å². The van der Waals surface area contributed by atoms with E-state index in [1.54, 1.807) is 0 Å². The average Bonchev–Trinajstić information content (AvgIpc) is 3.75. The highest BCUT2D eigenvalue weighted by Crippen LogP contribution is 2.65. The summed E-state index contributed by atoms with van der Waals surface area (Å²) < 4.78 is 0. The Morgan fingerprint density at radius 1 is 0.308 bits per heavy atom. The van der Waals surface area contributed by atoms with Crippen molar-refractivity contribution in [2.75, 3.05) is 9.80 Å². The van der Waals surface area contributed by atoms with Crippen molar-refractivity contribution in [3.63, 3.8) is 0 Å². The minimum Gasteiger partial charge on any atom is -0.310 e. The van der Waals surface area contributed by atoms with Gasteiger partial charge in [-0.15, -0.1) is 0 Å². The van der Waals surface area contributed by atoms with Crippen molar-refractivity contribution >= 4 is 34.1 Å². The van der Waals surface area contributed by atoms with Gasteiger partial charge in [-0.05, 0) is 137 Å². The van der Waals surface area contributed by atoms with Crippen molar-refractivity contribution in [2.45, 2.75) is 96.3 Å². The SMILES string of the molecule is CC(C)(C)c1ccc2c(c1)C(C)(C)c1ccccc1N2c1ccc2c(c1)C1(c3ccccc3-c3ccccc31)c1cc(N3c4ccccc4C(C)(C)c4cc(C(C)(C)C)ccc43)ccc1-2. The Bertz CT molecular complexity index is 3090. The topological polar surface area (TPSA) is 6.48 Å². The summed E-state index contributed by atoms with van der Waals surface area (Å²) in [6, 6.07) is 65.7. The van der Waals surface area contributed by atoms with E-state index in [9.17, 15) is 0 Å². The molecule has 65 heavy (non-hydrogen) atoms. The fourth-order valence-corrected chi connectivity index (χ4v) is 12.3. The number of nitrogens with zero attached hydrogens (tertiary/aromatic N) is 2. The zero-order valence-corrected chi connectivity index (χ0v) is 39.6. The standard InChI is InChI=1S/C63H58N2/c1-59(2,3)39-27-33-57-53(35-39)61(7,8)49-23-15-17-25-55(49)64(57)41-29-31-45-46-32-30-42(38-52(46)63(51(45)37-41)47-21-13-11-19-43(47)44-20-12-14-22-48(44)63)65-56-26-18-16-24-50(56)62(9,10)54-36-40(60(4,5)6)28-34-58(54)65/h11-38H,1-10H3. The van der Waals surface area contributed by atoms with Gasteiger partial charge < -0.3 is 9.80 Å². The van der Waals surface area contributed by atoms with Gasteiger partial charge in [0.1, 0.15) is 0 Å². The molecule has 0 atom stereocenters. The van der Waals surface area contributed by atoms with Gasteiger partial charge in [0.25, 0.3) is 0 Å². The molecule has 0 fully saturated rings. The van der Waals surface area contributed by atoms with E-state index < -0.39 is 5.41 Å². The van der Waals surface area contributed by atoms with Crippen LogP contribution in [0.1, 0.15) is 125 Å². The molecular weight excluding hydrogens is 785 g/mol. The predicted molar refractivity (Wildman–Crippen MR) is 274 cm³/mol. The number of rotatable bonds is 2. The number of anilines is 6. The fourth-order valence-electron chi connectivity index (χ4n) is 12.3. The van der Waals surface area contributed by atoms with Gasteiger partial charge >= 0.3 is 0 Å². The molecule has 0 saturated carbocycles. The molecule has 0 aromatic heterocycles. The minimum atomic E-state index is -0.537. The van der Waals surface area contributed by atoms with E-state index in [-0.39, 0.29) is 21.7 Å². The molecule has 0 radical (unpaired) electrons. The van der Waals surface area contributed by atoms with Gasteiger partial charge in [0, 0.05) is 22.2 Å². The van der Waals surface area contributed by atoms with Gasteiger partial charge in [-0.2, -0.15) is 0 Å². The summed E-state index contributed by atoms with van der Waals surface area (Å²) in [7, 11) is 0. The third-order valence-corrected chi connectivity index (χ3v) is 15.8. The van der Waals surface area contributed by atoms with Crippen molar-refractivity contribution in [3.8, 4) is 22.3 Å². The fraction of sp³-hybridized carbons (Fsp3) is 0.238. The monoisotopic (exact) mass is 842 g/mol. The van der Waals surface area contributed by atoms with Gasteiger partial charge in [0.05, 0.1) is 28.2 Å². The normalized spacial score (nSPS) is 16.5. The molecule has 2 nitrogen and oxygen atoms in total. The molecule has 8 aromatic carbocycles. The molecule has 0 bridgehead atoms. The molecule has 8 aromatic rings. The van der Waals surface area contributed by atoms with Crippen LogP contribution in [-0.2, 0) is 27.1 Å². The van der Waals surface area contributed by atoms with Crippen LogP contribution >= 0.6 is 0 Å². The minimum absolute atomic E-state index is 0.0324. The van der Waals surface area contributed by atoms with Crippen molar-refractivity contribution < 1.29 is 0 Å². The Morgan fingerprint density at radius 2 is 0.646 bits per heavy atom. The molecule has 0 amide bonds. The van der Waals surface area contributed by atoms with Crippen LogP contribution in [-0.4, -0.2) is 0 Å². The number of fused-ring (bicyclic) bond motifs is 14. The lowest BCUT2D eigenvalue weighted by molar-refractivity contribution is 0.580. The summed E-state index contributed by atoms with van der Waals surface area (Å²) in [5.41, 5.74) is 25.3. The summed E-state index contributed by atoms with van der Waals surface area (Å²) >= 11 is 0. The summed E-state index contributed by atoms with van der Waals surface area (Å²) in [4.78, 5) is 5.10. The van der Waals surface area contributed by atoms with Gasteiger partial charge in [-0.3, -0.25) is 0 Å². The Balaban J connectivity index is 1.12. The lowest BCUT2D eigenvalue weighted by Crippen LogP contribution is -2.32. The molecule has 320 valence electrons. The predicted octanol–water partition coefficient (Wildman–Crippen LogP) is 16.8. The van der Waals surface area contributed by atoms with E-state index in [0.717, 1.165) is 0 Å². The van der Waals surface area contributed by atoms with Gasteiger partial charge in [0.15, 0.2) is 0 Å². The molecule has 0 N–H and O–H groups in total. The average molecular weight is 843 g/mol. The largest absolute Gasteiger partial charge is 0.310 e. The Hall–Kier alpha value is -6.64. The van der Waals surface area contributed by atoms with Gasteiger partial charge in [-0.25, -0.2) is 0 Å². The van der Waals surface area contributed by atoms with Crippen LogP contribution in [0.3, 0.4) is 0 Å². The number of benzene rings is 8. The van der Waals surface area contributed by atoms with Crippen molar-refractivity contribution in [2.24, 2.45) is 0 Å². The second-order valence-electron chi connectivity index (χ2n) is 22.2. The molecule has 2 heteroatoms. The Kier molecular flexibility index (Phi) is 8.12. The third kappa shape index (κ3) is 5.34. The molecule has 4 aliphatic rings. The third-order valence-electron chi connectivity index (χ3n) is 15.8. The van der Waals surface area contributed by atoms with Crippen LogP contribution in [0, 0.1) is 0 Å². The zero-order valence-electron chi connectivity index (χ0n) is 39.6. The highest BCUT2D eigenvalue weighted by Gasteiger charge is 2.52. The van der Waals surface area contributed by atoms with E-state index >= 15 is 0 Å². The van der Waals surface area contributed by atoms with Crippen LogP contribution in [0.4, 0.5) is 34.1 Å². The van der Waals surface area contributed by atoms with Crippen LogP contribution in [0.15, 0.2) is 170 Å². The summed E-state index contributed by atoms with van der Waals surface area (Å²) in [5, 5.41) is 0. The molecular formula is C63H58N2. The smallest absolute Gasteiger partial charge is 0.0727 e. The van der Waals surface area contributed by atoms with Gasteiger partial charge in [0.2, 0.25) is 0 Å². The van der Waals surface area contributed by atoms with Crippen molar-refractivity contribution in [1.29, 1.82) is 0 Å². The maximum Gasteiger partial charge on any atom is 0.0727 e. The van der Waals surface area contributed by atoms with Crippen LogP contribution in [0.5, 0.6) is 0 Å². The zero-order chi connectivity index (χ0) is 45.0. The molecule has 1 spiro atoms. The van der Waals surface area contributed by atoms with Crippen LogP contribution in [0.25, 0.3) is 22.3 Å². The lowest BCUT2D eigenvalue weighted by Gasteiger charge is -2.43. The highest BCUT2D eigenvalue weighted by atomic mass is 15.2. The van der Waals surface area contributed by atoms with E-state index in [1.807, 2.05) is 0 Å². The van der Waals surface area contributed by atoms with Crippen LogP contribution in [0.2, 0.25) is 0 Å². The molecule has 2 heterocycles. The molecule has 12 rings (SSSR count). The summed E-state index contributed by atoms with van der Waals surface area (Å²) in [6.45, 7) is 23.5. The number of hydrogen-bond donors (Lipinski definition) is 0. The van der Waals surface area contributed by atoms with Gasteiger partial charge in [-0.1, -0.05) is 191 Å². The number of para-hydroxylation sites is 2. The second-order valence-corrected chi connectivity index (χ2v) is 22.2. The first kappa shape index (κ1) is 39.9. The van der Waals surface area contributed by atoms with E-state index in [2.05, 4.69) is 249 Å². The quantitative estimate of drug-likeness (QED) is 0.171.